The predicted molar refractivity (Wildman–Crippen MR) is 65.0 cm³/mol. The molecule has 84 valence electrons. The summed E-state index contributed by atoms with van der Waals surface area (Å²) in [6.07, 6.45) is 0. The second-order valence-electron chi connectivity index (χ2n) is 3.01. The van der Waals surface area contributed by atoms with E-state index in [9.17, 15) is 0 Å². The molecule has 0 unspecified atom stereocenters. The summed E-state index contributed by atoms with van der Waals surface area (Å²) in [5.74, 6) is 0.662. The average Bonchev–Trinajstić information content (AvgIpc) is 2.70. The highest BCUT2D eigenvalue weighted by Crippen LogP contribution is 2.27. The maximum Gasteiger partial charge on any atom is 0.223 e. The van der Waals surface area contributed by atoms with Gasteiger partial charge in [-0.1, -0.05) is 11.3 Å². The van der Waals surface area contributed by atoms with Crippen LogP contribution in [0.1, 0.15) is 12.6 Å². The third-order valence-electron chi connectivity index (χ3n) is 1.70. The Bertz CT molecular complexity index is 457. The first-order valence-corrected chi connectivity index (χ1v) is 6.51. The molecular formula is C9H11N5S2. The molecule has 2 heterocycles. The monoisotopic (exact) mass is 253 g/mol. The minimum atomic E-state index is 0.662. The molecule has 2 rings (SSSR count). The molecular weight excluding hydrogens is 242 g/mol. The number of aromatic nitrogens is 4. The van der Waals surface area contributed by atoms with Gasteiger partial charge >= 0.3 is 0 Å². The van der Waals surface area contributed by atoms with E-state index in [1.54, 1.807) is 5.51 Å². The predicted octanol–water partition coefficient (Wildman–Crippen LogP) is 2.22. The van der Waals surface area contributed by atoms with Gasteiger partial charge in [-0.3, -0.25) is 0 Å². The Morgan fingerprint density at radius 1 is 1.44 bits per heavy atom. The number of hydrogen-bond acceptors (Lipinski definition) is 7. The second-order valence-corrected chi connectivity index (χ2v) is 5.11. The molecule has 0 radical (unpaired) electrons. The molecule has 5 nitrogen and oxygen atoms in total. The lowest BCUT2D eigenvalue weighted by Crippen LogP contribution is -2.03. The van der Waals surface area contributed by atoms with Gasteiger partial charge in [-0.15, -0.1) is 10.2 Å². The minimum Gasteiger partial charge on any atom is -0.354 e. The summed E-state index contributed by atoms with van der Waals surface area (Å²) in [6.45, 7) is 4.78. The molecule has 0 aliphatic heterocycles. The van der Waals surface area contributed by atoms with Crippen molar-refractivity contribution in [2.45, 2.75) is 23.2 Å². The summed E-state index contributed by atoms with van der Waals surface area (Å²) in [5, 5.41) is 11.7. The Labute approximate surface area is 102 Å². The molecule has 7 heteroatoms. The van der Waals surface area contributed by atoms with Gasteiger partial charge in [-0.25, -0.2) is 9.97 Å². The molecule has 0 aliphatic rings. The third-order valence-corrected chi connectivity index (χ3v) is 3.39. The molecule has 0 fully saturated rings. The highest BCUT2D eigenvalue weighted by molar-refractivity contribution is 8.00. The van der Waals surface area contributed by atoms with E-state index in [-0.39, 0.29) is 0 Å². The fraction of sp³-hybridized carbons (Fsp3) is 0.333. The van der Waals surface area contributed by atoms with E-state index in [1.807, 2.05) is 19.9 Å². The molecule has 0 spiro atoms. The number of nitrogens with zero attached hydrogens (tertiary/aromatic N) is 4. The maximum absolute atomic E-state index is 4.38. The van der Waals surface area contributed by atoms with E-state index in [2.05, 4.69) is 25.5 Å². The summed E-state index contributed by atoms with van der Waals surface area (Å²) in [7, 11) is 0. The summed E-state index contributed by atoms with van der Waals surface area (Å²) in [6, 6.07) is 1.94. The van der Waals surface area contributed by atoms with Crippen molar-refractivity contribution in [3.63, 3.8) is 0 Å². The number of anilines is 1. The Morgan fingerprint density at radius 3 is 3.00 bits per heavy atom. The van der Waals surface area contributed by atoms with Crippen LogP contribution in [-0.2, 0) is 0 Å². The van der Waals surface area contributed by atoms with Crippen molar-refractivity contribution in [3.05, 3.63) is 17.3 Å². The van der Waals surface area contributed by atoms with Gasteiger partial charge in [-0.2, -0.15) is 0 Å². The van der Waals surface area contributed by atoms with E-state index >= 15 is 0 Å². The first-order chi connectivity index (χ1) is 7.78. The van der Waals surface area contributed by atoms with Gasteiger partial charge in [0, 0.05) is 12.2 Å². The van der Waals surface area contributed by atoms with Gasteiger partial charge in [0.25, 0.3) is 0 Å². The van der Waals surface area contributed by atoms with Crippen molar-refractivity contribution in [3.8, 4) is 0 Å². The zero-order chi connectivity index (χ0) is 11.4. The largest absolute Gasteiger partial charge is 0.354 e. The Kier molecular flexibility index (Phi) is 3.68. The van der Waals surface area contributed by atoms with Crippen LogP contribution >= 0.6 is 23.1 Å². The summed E-state index contributed by atoms with van der Waals surface area (Å²) < 4.78 is 0.889. The van der Waals surface area contributed by atoms with Gasteiger partial charge in [0.15, 0.2) is 4.34 Å². The molecule has 0 saturated heterocycles. The van der Waals surface area contributed by atoms with Gasteiger partial charge in [0.05, 0.1) is 0 Å². The molecule has 0 aromatic carbocycles. The van der Waals surface area contributed by atoms with E-state index in [0.717, 1.165) is 21.6 Å². The molecule has 2 aromatic rings. The maximum atomic E-state index is 4.38. The minimum absolute atomic E-state index is 0.662. The van der Waals surface area contributed by atoms with Crippen LogP contribution in [-0.4, -0.2) is 26.7 Å². The van der Waals surface area contributed by atoms with Crippen LogP contribution in [0.5, 0.6) is 0 Å². The first kappa shape index (κ1) is 11.3. The summed E-state index contributed by atoms with van der Waals surface area (Å²) >= 11 is 3.00. The van der Waals surface area contributed by atoms with E-state index in [0.29, 0.717) is 5.95 Å². The molecule has 0 saturated carbocycles. The van der Waals surface area contributed by atoms with Crippen molar-refractivity contribution >= 4 is 29.0 Å². The van der Waals surface area contributed by atoms with E-state index in [1.165, 1.54) is 23.1 Å². The normalized spacial score (nSPS) is 10.4. The molecule has 0 bridgehead atoms. The SMILES string of the molecule is CCNc1nc(C)cc(Sc2nncs2)n1. The smallest absolute Gasteiger partial charge is 0.223 e. The second kappa shape index (κ2) is 5.22. The highest BCUT2D eigenvalue weighted by Gasteiger charge is 2.05. The van der Waals surface area contributed by atoms with Crippen LogP contribution in [0.15, 0.2) is 20.9 Å². The lowest BCUT2D eigenvalue weighted by Gasteiger charge is -2.04. The van der Waals surface area contributed by atoms with Crippen molar-refractivity contribution in [1.29, 1.82) is 0 Å². The standard InChI is InChI=1S/C9H11N5S2/c1-3-10-8-12-6(2)4-7(13-8)16-9-14-11-5-15-9/h4-5H,3H2,1-2H3,(H,10,12,13). The van der Waals surface area contributed by atoms with Crippen LogP contribution in [0.3, 0.4) is 0 Å². The Hall–Kier alpha value is -1.21. The van der Waals surface area contributed by atoms with Crippen LogP contribution in [0, 0.1) is 6.92 Å². The quantitative estimate of drug-likeness (QED) is 0.843. The number of hydrogen-bond donors (Lipinski definition) is 1. The zero-order valence-electron chi connectivity index (χ0n) is 8.97. The van der Waals surface area contributed by atoms with Crippen LogP contribution in [0.2, 0.25) is 0 Å². The summed E-state index contributed by atoms with van der Waals surface area (Å²) in [4.78, 5) is 8.66. The number of nitrogens with one attached hydrogen (secondary N) is 1. The van der Waals surface area contributed by atoms with Gasteiger partial charge in [-0.05, 0) is 31.7 Å². The summed E-state index contributed by atoms with van der Waals surface area (Å²) in [5.41, 5.74) is 2.65. The molecule has 16 heavy (non-hydrogen) atoms. The molecule has 0 atom stereocenters. The number of aryl methyl sites for hydroxylation is 1. The zero-order valence-corrected chi connectivity index (χ0v) is 10.6. The van der Waals surface area contributed by atoms with Gasteiger partial charge < -0.3 is 5.32 Å². The lowest BCUT2D eigenvalue weighted by atomic mass is 10.5. The topological polar surface area (TPSA) is 63.6 Å². The van der Waals surface area contributed by atoms with E-state index < -0.39 is 0 Å². The van der Waals surface area contributed by atoms with Gasteiger partial charge in [0.1, 0.15) is 10.5 Å². The van der Waals surface area contributed by atoms with Crippen molar-refractivity contribution in [2.75, 3.05) is 11.9 Å². The highest BCUT2D eigenvalue weighted by atomic mass is 32.2. The average molecular weight is 253 g/mol. The van der Waals surface area contributed by atoms with Crippen molar-refractivity contribution in [2.24, 2.45) is 0 Å². The first-order valence-electron chi connectivity index (χ1n) is 4.81. The Morgan fingerprint density at radius 2 is 2.31 bits per heavy atom. The fourth-order valence-electron chi connectivity index (χ4n) is 1.13. The van der Waals surface area contributed by atoms with Crippen LogP contribution in [0.4, 0.5) is 5.95 Å². The number of rotatable bonds is 4. The van der Waals surface area contributed by atoms with Gasteiger partial charge in [0.2, 0.25) is 5.95 Å². The molecule has 0 aliphatic carbocycles. The van der Waals surface area contributed by atoms with Crippen LogP contribution in [0.25, 0.3) is 0 Å². The van der Waals surface area contributed by atoms with E-state index in [4.69, 9.17) is 0 Å². The molecule has 2 aromatic heterocycles. The third kappa shape index (κ3) is 2.89. The fourth-order valence-corrected chi connectivity index (χ4v) is 2.61. The molecule has 0 amide bonds. The van der Waals surface area contributed by atoms with Crippen molar-refractivity contribution in [1.82, 2.24) is 20.2 Å². The Balaban J connectivity index is 2.20. The van der Waals surface area contributed by atoms with Crippen molar-refractivity contribution < 1.29 is 0 Å². The molecule has 1 N–H and O–H groups in total. The lowest BCUT2D eigenvalue weighted by molar-refractivity contribution is 0.974. The van der Waals surface area contributed by atoms with Crippen LogP contribution < -0.4 is 5.32 Å².